The number of carbonyl (C=O) groups excluding carboxylic acids is 4. The first-order chi connectivity index (χ1) is 67.2. The van der Waals surface area contributed by atoms with Crippen molar-refractivity contribution >= 4 is 102 Å². The summed E-state index contributed by atoms with van der Waals surface area (Å²) in [6.45, 7) is 16.6. The number of carbonyl (C=O) groups is 4. The number of nitrogens with one attached hydrogen (secondary N) is 8. The summed E-state index contributed by atoms with van der Waals surface area (Å²) in [5.74, 6) is 0.600. The first-order valence-electron chi connectivity index (χ1n) is 47.0. The number of aromatic nitrogens is 14. The van der Waals surface area contributed by atoms with Gasteiger partial charge in [-0.2, -0.15) is 20.4 Å². The van der Waals surface area contributed by atoms with Crippen LogP contribution in [0.3, 0.4) is 0 Å². The lowest BCUT2D eigenvalue weighted by Gasteiger charge is -2.26. The second kappa shape index (κ2) is 45.3. The van der Waals surface area contributed by atoms with Crippen LogP contribution in [-0.2, 0) is 48.7 Å². The normalized spacial score (nSPS) is 14.4. The molecule has 4 aliphatic heterocycles. The number of anilines is 6. The topological polar surface area (TPSA) is 353 Å². The van der Waals surface area contributed by atoms with E-state index in [1.807, 2.05) is 261 Å². The molecule has 0 atom stereocenters. The van der Waals surface area contributed by atoms with Crippen molar-refractivity contribution in [2.45, 2.75) is 77.8 Å². The van der Waals surface area contributed by atoms with Crippen molar-refractivity contribution in [3.05, 3.63) is 288 Å². The number of hydrogen-bond acceptors (Lipinski definition) is 24. The lowest BCUT2D eigenvalue weighted by atomic mass is 10.0. The Morgan fingerprint density at radius 1 is 0.297 bits per heavy atom. The number of likely N-dealkylation sites (tertiary alicyclic amines) is 2. The smallest absolute Gasteiger partial charge is 0.276 e. The molecule has 8 N–H and O–H groups in total. The van der Waals surface area contributed by atoms with Crippen molar-refractivity contribution in [2.24, 2.45) is 0 Å². The minimum absolute atomic E-state index is 0.231. The fraction of sp³-hybridized carbons (Fsp3) is 0.302. The number of nitrogens with zero attached hydrogens (tertiary/aromatic N) is 18. The second-order valence-electron chi connectivity index (χ2n) is 36.4. The third-order valence-electron chi connectivity index (χ3n) is 24.7. The van der Waals surface area contributed by atoms with E-state index in [1.165, 1.54) is 55.2 Å². The Morgan fingerprint density at radius 2 is 0.609 bits per heavy atom. The van der Waals surface area contributed by atoms with E-state index in [0.717, 1.165) is 246 Å². The van der Waals surface area contributed by atoms with Crippen LogP contribution in [-0.4, -0.2) is 259 Å². The molecule has 32 nitrogen and oxygen atoms in total. The summed E-state index contributed by atoms with van der Waals surface area (Å²) in [6, 6.07) is 55.9. The molecule has 4 amide bonds. The molecule has 16 aromatic rings. The molecule has 0 aliphatic carbocycles. The number of amides is 4. The minimum atomic E-state index is -0.290. The highest BCUT2D eigenvalue weighted by Crippen LogP contribution is 2.34. The highest BCUT2D eigenvalue weighted by Gasteiger charge is 2.24. The van der Waals surface area contributed by atoms with E-state index >= 15 is 0 Å². The molecule has 4 saturated heterocycles. The van der Waals surface area contributed by atoms with Gasteiger partial charge in [-0.05, 0) is 257 Å². The summed E-state index contributed by atoms with van der Waals surface area (Å²) in [7, 11) is 15.8. The first kappa shape index (κ1) is 95.0. The number of ether oxygens (including phenoxy) is 2. The van der Waals surface area contributed by atoms with Gasteiger partial charge in [-0.15, -0.1) is 0 Å². The van der Waals surface area contributed by atoms with Gasteiger partial charge in [-0.3, -0.25) is 79.1 Å². The molecule has 0 bridgehead atoms. The summed E-state index contributed by atoms with van der Waals surface area (Å²) >= 11 is 0. The van der Waals surface area contributed by atoms with E-state index in [4.69, 9.17) is 9.47 Å². The van der Waals surface area contributed by atoms with Gasteiger partial charge in [0.05, 0.1) is 72.3 Å². The third kappa shape index (κ3) is 24.9. The zero-order valence-corrected chi connectivity index (χ0v) is 79.4. The quantitative estimate of drug-likeness (QED) is 0.0250. The number of pyridine rings is 6. The maximum Gasteiger partial charge on any atom is 0.276 e. The van der Waals surface area contributed by atoms with Crippen LogP contribution in [0.15, 0.2) is 232 Å². The highest BCUT2D eigenvalue weighted by molar-refractivity contribution is 6.14. The standard InChI is InChI=1S/C28H32N6O.C27H30N6O2.C26H29N7O.C25H27N7O2/c1-33(2)18-20-6-9-24(10-7-20)30-28(35)27-25-15-22(8-11-26(25)31-32-27)23-14-21(16-29-17-23)19-34-12-4-3-5-13-34;1-32(2)17-19-4-3-5-23(13-19)29-27(34)26-24-14-21(6-7-25(24)30-31-26)22-12-20(15-28-16-22)18-33-8-10-35-11-9-33;1-32(2)24-9-7-21(16-28-24)29-26(34)25-22-13-19(6-8-23(22)30-31-25)20-12-18(14-27-15-20)17-33-10-4-3-5-11-33;1-31(2)23-6-4-20(15-27-23)28-25(33)24-21-12-18(3-5-22(21)29-30-24)19-11-17(13-26-14-19)16-32-7-9-34-10-8-32/h6-11,14-17H,3-5,12-13,18-19H2,1-2H3,(H,30,35)(H,31,32);3-7,12-16H,8-11,17-18H2,1-2H3,(H,29,34)(H,30,31);6-9,12-16H,3-5,10-11,17H2,1-2H3,(H,29,34)(H,30,31);3-6,11-15H,7-10,16H2,1-2H3,(H,28,33)(H,29,30). The Kier molecular flexibility index (Phi) is 31.2. The Labute approximate surface area is 802 Å². The SMILES string of the molecule is CN(C)Cc1ccc(NC(=O)c2n[nH]c3ccc(-c4cncc(CN5CCCCC5)c4)cc23)cc1.CN(C)Cc1cccc(NC(=O)c2n[nH]c3ccc(-c4cncc(CN5CCOCC5)c4)cc23)c1.CN(C)c1ccc(NC(=O)c2n[nH]c3ccc(-c4cncc(CN5CCCCC5)c4)cc23)cn1.CN(C)c1ccc(NC(=O)c2n[nH]c3ccc(-c4cncc(CN5CCOCC5)c4)cc23)cn1. The van der Waals surface area contributed by atoms with Crippen molar-refractivity contribution in [1.29, 1.82) is 0 Å². The van der Waals surface area contributed by atoms with Gasteiger partial charge in [0.2, 0.25) is 0 Å². The van der Waals surface area contributed by atoms with Crippen molar-refractivity contribution in [3.8, 4) is 44.5 Å². The summed E-state index contributed by atoms with van der Waals surface area (Å²) in [5, 5.41) is 43.9. The molecule has 0 radical (unpaired) electrons. The van der Waals surface area contributed by atoms with E-state index in [0.29, 0.717) is 34.2 Å². The molecular formula is C106H118N26O6. The maximum absolute atomic E-state index is 13.1. The number of aromatic amines is 4. The van der Waals surface area contributed by atoms with Crippen molar-refractivity contribution in [1.82, 2.24) is 100 Å². The number of piperidine rings is 2. The molecule has 4 fully saturated rings. The summed E-state index contributed by atoms with van der Waals surface area (Å²) in [6.07, 6.45) is 26.2. The molecule has 4 aliphatic rings. The molecular weight excluding hydrogens is 1730 g/mol. The van der Waals surface area contributed by atoms with Gasteiger partial charge in [-0.1, -0.05) is 61.4 Å². The van der Waals surface area contributed by atoms with Gasteiger partial charge < -0.3 is 50.3 Å². The average Bonchev–Trinajstić information content (AvgIpc) is 1.63. The number of fused-ring (bicyclic) bond motifs is 4. The predicted molar refractivity (Wildman–Crippen MR) is 544 cm³/mol. The molecule has 14 heterocycles. The number of rotatable bonds is 26. The number of morpholine rings is 2. The molecule has 6 aromatic carbocycles. The Balaban J connectivity index is 0.000000127. The first-order valence-corrected chi connectivity index (χ1v) is 47.0. The molecule has 708 valence electrons. The zero-order chi connectivity index (χ0) is 95.4. The second-order valence-corrected chi connectivity index (χ2v) is 36.4. The van der Waals surface area contributed by atoms with Gasteiger partial charge in [0.15, 0.2) is 22.8 Å². The molecule has 20 rings (SSSR count). The number of H-pyrrole nitrogens is 4. The van der Waals surface area contributed by atoms with Crippen LogP contribution in [0, 0.1) is 0 Å². The third-order valence-corrected chi connectivity index (χ3v) is 24.7. The number of benzene rings is 6. The van der Waals surface area contributed by atoms with Crippen molar-refractivity contribution in [2.75, 3.05) is 166 Å². The Bertz CT molecular complexity index is 6650. The van der Waals surface area contributed by atoms with Gasteiger partial charge in [0.1, 0.15) is 11.6 Å². The van der Waals surface area contributed by atoms with Crippen molar-refractivity contribution < 1.29 is 28.7 Å². The van der Waals surface area contributed by atoms with Crippen LogP contribution in [0.25, 0.3) is 88.1 Å². The number of hydrogen-bond donors (Lipinski definition) is 8. The lowest BCUT2D eigenvalue weighted by molar-refractivity contribution is 0.0341. The van der Waals surface area contributed by atoms with Crippen LogP contribution in [0.5, 0.6) is 0 Å². The molecule has 0 unspecified atom stereocenters. The van der Waals surface area contributed by atoms with Crippen molar-refractivity contribution in [3.63, 3.8) is 0 Å². The fourth-order valence-corrected chi connectivity index (χ4v) is 17.6. The van der Waals surface area contributed by atoms with Crippen LogP contribution >= 0.6 is 0 Å². The fourth-order valence-electron chi connectivity index (χ4n) is 17.6. The van der Waals surface area contributed by atoms with E-state index < -0.39 is 0 Å². The Hall–Kier alpha value is -14.7. The van der Waals surface area contributed by atoms with Gasteiger partial charge in [0.25, 0.3) is 23.6 Å². The van der Waals surface area contributed by atoms with E-state index in [2.05, 4.69) is 146 Å². The molecule has 0 spiro atoms. The van der Waals surface area contributed by atoms with Gasteiger partial charge in [0, 0.05) is 198 Å². The summed E-state index contributed by atoms with van der Waals surface area (Å²) in [4.78, 5) is 96.5. The van der Waals surface area contributed by atoms with Crippen LogP contribution in [0.1, 0.15) is 114 Å². The van der Waals surface area contributed by atoms with Crippen LogP contribution in [0.2, 0.25) is 0 Å². The van der Waals surface area contributed by atoms with Crippen LogP contribution < -0.4 is 31.1 Å². The molecule has 32 heteroatoms. The largest absolute Gasteiger partial charge is 0.379 e. The molecule has 10 aromatic heterocycles. The van der Waals surface area contributed by atoms with Gasteiger partial charge >= 0.3 is 0 Å². The van der Waals surface area contributed by atoms with E-state index in [-0.39, 0.29) is 23.6 Å². The van der Waals surface area contributed by atoms with E-state index in [9.17, 15) is 19.2 Å². The van der Waals surface area contributed by atoms with E-state index in [1.54, 1.807) is 12.4 Å². The van der Waals surface area contributed by atoms with Gasteiger partial charge in [-0.25, -0.2) is 9.97 Å². The maximum atomic E-state index is 13.1. The summed E-state index contributed by atoms with van der Waals surface area (Å²) in [5.41, 5.74) is 22.6. The van der Waals surface area contributed by atoms with Crippen LogP contribution in [0.4, 0.5) is 34.4 Å². The highest BCUT2D eigenvalue weighted by atomic mass is 16.5. The molecule has 138 heavy (non-hydrogen) atoms. The Morgan fingerprint density at radius 3 is 0.928 bits per heavy atom. The minimum Gasteiger partial charge on any atom is -0.379 e. The zero-order valence-electron chi connectivity index (χ0n) is 79.4. The summed E-state index contributed by atoms with van der Waals surface area (Å²) < 4.78 is 10.9. The monoisotopic (exact) mass is 1850 g/mol. The lowest BCUT2D eigenvalue weighted by Crippen LogP contribution is -2.35. The predicted octanol–water partition coefficient (Wildman–Crippen LogP) is 16.2. The molecule has 0 saturated carbocycles. The average molecular weight is 1850 g/mol.